The first-order valence-electron chi connectivity index (χ1n) is 5.28. The van der Waals surface area contributed by atoms with Crippen molar-refractivity contribution >= 4 is 16.0 Å². The largest absolute Gasteiger partial charge is 0.481 e. The Morgan fingerprint density at radius 2 is 1.88 bits per heavy atom. The van der Waals surface area contributed by atoms with Crippen LogP contribution >= 0.6 is 0 Å². The highest BCUT2D eigenvalue weighted by atomic mass is 32.2. The smallest absolute Gasteiger partial charge is 0.304 e. The van der Waals surface area contributed by atoms with Crippen molar-refractivity contribution in [3.8, 4) is 0 Å². The van der Waals surface area contributed by atoms with Gasteiger partial charge in [-0.2, -0.15) is 4.31 Å². The van der Waals surface area contributed by atoms with Crippen LogP contribution in [0, 0.1) is 0 Å². The van der Waals surface area contributed by atoms with Crippen LogP contribution in [0.15, 0.2) is 0 Å². The van der Waals surface area contributed by atoms with Crippen molar-refractivity contribution in [2.24, 2.45) is 0 Å². The van der Waals surface area contributed by atoms with Gasteiger partial charge in [-0.25, -0.2) is 8.42 Å². The van der Waals surface area contributed by atoms with E-state index in [0.29, 0.717) is 13.1 Å². The van der Waals surface area contributed by atoms with Gasteiger partial charge in [-0.3, -0.25) is 4.79 Å². The third kappa shape index (κ3) is 3.16. The second kappa shape index (κ2) is 5.11. The molecule has 0 amide bonds. The van der Waals surface area contributed by atoms with E-state index in [1.54, 1.807) is 0 Å². The molecule has 1 fully saturated rings. The van der Waals surface area contributed by atoms with Gasteiger partial charge in [-0.1, -0.05) is 0 Å². The fourth-order valence-electron chi connectivity index (χ4n) is 1.99. The SMILES string of the molecule is CC1CNCC(C)N1S(=O)(=O)CCC(=O)O. The molecule has 94 valence electrons. The summed E-state index contributed by atoms with van der Waals surface area (Å²) >= 11 is 0. The van der Waals surface area contributed by atoms with E-state index in [1.165, 1.54) is 4.31 Å². The highest BCUT2D eigenvalue weighted by molar-refractivity contribution is 7.89. The fourth-order valence-corrected chi connectivity index (χ4v) is 3.87. The molecule has 1 aliphatic rings. The first-order chi connectivity index (χ1) is 7.34. The van der Waals surface area contributed by atoms with E-state index in [0.717, 1.165) is 0 Å². The van der Waals surface area contributed by atoms with Crippen LogP contribution in [-0.2, 0) is 14.8 Å². The minimum absolute atomic E-state index is 0.123. The molecule has 2 unspecified atom stereocenters. The van der Waals surface area contributed by atoms with Crippen molar-refractivity contribution < 1.29 is 18.3 Å². The number of carboxylic acids is 1. The Balaban J connectivity index is 2.76. The second-order valence-electron chi connectivity index (χ2n) is 4.15. The maximum absolute atomic E-state index is 11.9. The van der Waals surface area contributed by atoms with Gasteiger partial charge >= 0.3 is 5.97 Å². The molecule has 7 heteroatoms. The number of hydrogen-bond donors (Lipinski definition) is 2. The van der Waals surface area contributed by atoms with Crippen molar-refractivity contribution in [1.29, 1.82) is 0 Å². The molecular formula is C9H18N2O4S. The number of aliphatic carboxylic acids is 1. The molecule has 0 bridgehead atoms. The maximum atomic E-state index is 11.9. The van der Waals surface area contributed by atoms with Crippen molar-refractivity contribution in [3.63, 3.8) is 0 Å². The lowest BCUT2D eigenvalue weighted by molar-refractivity contribution is -0.136. The molecule has 16 heavy (non-hydrogen) atoms. The Bertz CT molecular complexity index is 345. The van der Waals surface area contributed by atoms with Crippen LogP contribution in [0.4, 0.5) is 0 Å². The Morgan fingerprint density at radius 1 is 1.38 bits per heavy atom. The van der Waals surface area contributed by atoms with Gasteiger partial charge in [0.05, 0.1) is 12.2 Å². The Labute approximate surface area is 95.7 Å². The van der Waals surface area contributed by atoms with Crippen LogP contribution in [0.3, 0.4) is 0 Å². The predicted octanol–water partition coefficient (Wildman–Crippen LogP) is -0.527. The zero-order chi connectivity index (χ0) is 12.3. The van der Waals surface area contributed by atoms with Crippen molar-refractivity contribution in [1.82, 2.24) is 9.62 Å². The number of hydrogen-bond acceptors (Lipinski definition) is 4. The van der Waals surface area contributed by atoms with Gasteiger partial charge in [-0.05, 0) is 13.8 Å². The van der Waals surface area contributed by atoms with Crippen LogP contribution in [0.1, 0.15) is 20.3 Å². The number of nitrogens with zero attached hydrogens (tertiary/aromatic N) is 1. The number of sulfonamides is 1. The van der Waals surface area contributed by atoms with Gasteiger partial charge in [0.1, 0.15) is 0 Å². The molecule has 1 rings (SSSR count). The lowest BCUT2D eigenvalue weighted by atomic mass is 10.2. The van der Waals surface area contributed by atoms with E-state index in [9.17, 15) is 13.2 Å². The van der Waals surface area contributed by atoms with E-state index < -0.39 is 16.0 Å². The maximum Gasteiger partial charge on any atom is 0.304 e. The Hall–Kier alpha value is -0.660. The lowest BCUT2D eigenvalue weighted by Gasteiger charge is -2.38. The second-order valence-corrected chi connectivity index (χ2v) is 6.14. The Kier molecular flexibility index (Phi) is 4.28. The third-order valence-corrected chi connectivity index (χ3v) is 4.73. The molecule has 0 aromatic carbocycles. The number of carboxylic acid groups (broad SMARTS) is 1. The standard InChI is InChI=1S/C9H18N2O4S/c1-7-5-10-6-8(2)11(7)16(14,15)4-3-9(12)13/h7-8,10H,3-6H2,1-2H3,(H,12,13). The van der Waals surface area contributed by atoms with E-state index in [1.807, 2.05) is 13.8 Å². The van der Waals surface area contributed by atoms with Crippen LogP contribution in [0.25, 0.3) is 0 Å². The van der Waals surface area contributed by atoms with E-state index >= 15 is 0 Å². The molecule has 0 aromatic rings. The van der Waals surface area contributed by atoms with Crippen LogP contribution < -0.4 is 5.32 Å². The summed E-state index contributed by atoms with van der Waals surface area (Å²) in [5.41, 5.74) is 0. The molecule has 0 radical (unpaired) electrons. The average Bonchev–Trinajstić information content (AvgIpc) is 2.14. The molecule has 2 atom stereocenters. The summed E-state index contributed by atoms with van der Waals surface area (Å²) in [6.45, 7) is 4.86. The normalized spacial score (nSPS) is 27.9. The lowest BCUT2D eigenvalue weighted by Crippen LogP contribution is -2.57. The molecule has 0 aromatic heterocycles. The fraction of sp³-hybridized carbons (Fsp3) is 0.889. The average molecular weight is 250 g/mol. The molecule has 1 saturated heterocycles. The zero-order valence-electron chi connectivity index (χ0n) is 9.51. The summed E-state index contributed by atoms with van der Waals surface area (Å²) in [6, 6.07) is -0.245. The minimum Gasteiger partial charge on any atom is -0.481 e. The summed E-state index contributed by atoms with van der Waals surface area (Å²) in [4.78, 5) is 10.4. The molecular weight excluding hydrogens is 232 g/mol. The van der Waals surface area contributed by atoms with Crippen LogP contribution in [0.5, 0.6) is 0 Å². The number of rotatable bonds is 4. The van der Waals surface area contributed by atoms with Gasteiger partial charge in [-0.15, -0.1) is 0 Å². The van der Waals surface area contributed by atoms with Crippen molar-refractivity contribution in [3.05, 3.63) is 0 Å². The Morgan fingerprint density at radius 3 is 2.31 bits per heavy atom. The third-order valence-electron chi connectivity index (χ3n) is 2.64. The summed E-state index contributed by atoms with van der Waals surface area (Å²) in [5.74, 6) is -1.41. The van der Waals surface area contributed by atoms with Gasteiger partial charge in [0, 0.05) is 25.2 Å². The molecule has 0 saturated carbocycles. The molecule has 0 spiro atoms. The van der Waals surface area contributed by atoms with E-state index in [2.05, 4.69) is 5.32 Å². The number of carbonyl (C=O) groups is 1. The molecule has 1 heterocycles. The van der Waals surface area contributed by atoms with Gasteiger partial charge < -0.3 is 10.4 Å². The highest BCUT2D eigenvalue weighted by Gasteiger charge is 2.34. The molecule has 2 N–H and O–H groups in total. The zero-order valence-corrected chi connectivity index (χ0v) is 10.3. The van der Waals surface area contributed by atoms with Crippen LogP contribution in [0.2, 0.25) is 0 Å². The summed E-state index contributed by atoms with van der Waals surface area (Å²) < 4.78 is 25.3. The van der Waals surface area contributed by atoms with Gasteiger partial charge in [0.15, 0.2) is 0 Å². The first-order valence-corrected chi connectivity index (χ1v) is 6.89. The minimum atomic E-state index is -3.46. The van der Waals surface area contributed by atoms with Crippen molar-refractivity contribution in [2.45, 2.75) is 32.4 Å². The van der Waals surface area contributed by atoms with E-state index in [4.69, 9.17) is 5.11 Å². The monoisotopic (exact) mass is 250 g/mol. The van der Waals surface area contributed by atoms with Gasteiger partial charge in [0.2, 0.25) is 10.0 Å². The molecule has 6 nitrogen and oxygen atoms in total. The number of piperazine rings is 1. The molecule has 0 aliphatic carbocycles. The summed E-state index contributed by atoms with van der Waals surface area (Å²) in [7, 11) is -3.46. The van der Waals surface area contributed by atoms with Gasteiger partial charge in [0.25, 0.3) is 0 Å². The highest BCUT2D eigenvalue weighted by Crippen LogP contribution is 2.16. The topological polar surface area (TPSA) is 86.7 Å². The van der Waals surface area contributed by atoms with Crippen molar-refractivity contribution in [2.75, 3.05) is 18.8 Å². The number of nitrogens with one attached hydrogen (secondary N) is 1. The summed E-state index contributed by atoms with van der Waals surface area (Å²) in [5, 5.41) is 11.6. The van der Waals surface area contributed by atoms with E-state index in [-0.39, 0.29) is 24.3 Å². The summed E-state index contributed by atoms with van der Waals surface area (Å²) in [6.07, 6.45) is -0.342. The quantitative estimate of drug-likeness (QED) is 0.700. The predicted molar refractivity (Wildman–Crippen MR) is 59.7 cm³/mol. The molecule has 1 aliphatic heterocycles. The first kappa shape index (κ1) is 13.4. The van der Waals surface area contributed by atoms with Crippen LogP contribution in [-0.4, -0.2) is 54.7 Å².